The number of hydrogen-bond donors (Lipinski definition) is 1. The summed E-state index contributed by atoms with van der Waals surface area (Å²) < 4.78 is 23.1. The highest BCUT2D eigenvalue weighted by Crippen LogP contribution is 2.22. The van der Waals surface area contributed by atoms with Crippen molar-refractivity contribution in [2.24, 2.45) is 0 Å². The van der Waals surface area contributed by atoms with Crippen molar-refractivity contribution in [3.05, 3.63) is 34.9 Å². The van der Waals surface area contributed by atoms with Crippen LogP contribution < -0.4 is 5.32 Å². The van der Waals surface area contributed by atoms with Gasteiger partial charge in [0.15, 0.2) is 0 Å². The molecule has 0 saturated heterocycles. The number of likely N-dealkylation sites (N-methyl/N-ethyl adjacent to an activating group) is 1. The van der Waals surface area contributed by atoms with Crippen molar-refractivity contribution >= 4 is 21.4 Å². The molecule has 1 rings (SSSR count). The predicted octanol–water partition coefficient (Wildman–Crippen LogP) is 2.47. The Balaban J connectivity index is 2.77. The Morgan fingerprint density at radius 2 is 2.11 bits per heavy atom. The van der Waals surface area contributed by atoms with E-state index in [0.29, 0.717) is 11.4 Å². The summed E-state index contributed by atoms with van der Waals surface area (Å²) in [6.45, 7) is 2.43. The summed E-state index contributed by atoms with van der Waals surface area (Å²) in [6.07, 6.45) is 0.622. The van der Waals surface area contributed by atoms with Crippen molar-refractivity contribution in [2.75, 3.05) is 25.1 Å². The van der Waals surface area contributed by atoms with E-state index < -0.39 is 9.84 Å². The zero-order valence-corrected chi connectivity index (χ0v) is 12.4. The van der Waals surface area contributed by atoms with Gasteiger partial charge >= 0.3 is 0 Å². The van der Waals surface area contributed by atoms with Gasteiger partial charge in [0, 0.05) is 17.3 Å². The maximum Gasteiger partial charge on any atom is 0.150 e. The zero-order valence-electron chi connectivity index (χ0n) is 10.8. The van der Waals surface area contributed by atoms with E-state index in [-0.39, 0.29) is 17.4 Å². The lowest BCUT2D eigenvalue weighted by Gasteiger charge is -2.17. The Morgan fingerprint density at radius 3 is 2.67 bits per heavy atom. The minimum atomic E-state index is -2.91. The highest BCUT2D eigenvalue weighted by molar-refractivity contribution is 7.91. The summed E-state index contributed by atoms with van der Waals surface area (Å²) in [5, 5.41) is 3.79. The van der Waals surface area contributed by atoms with Crippen LogP contribution in [0, 0.1) is 0 Å². The fourth-order valence-electron chi connectivity index (χ4n) is 1.86. The summed E-state index contributed by atoms with van der Waals surface area (Å²) in [5.74, 6) is 0.604. The number of benzene rings is 1. The highest BCUT2D eigenvalue weighted by Gasteiger charge is 2.15. The summed E-state index contributed by atoms with van der Waals surface area (Å²) in [6, 6.07) is 7.62. The van der Waals surface area contributed by atoms with Gasteiger partial charge in [-0.25, -0.2) is 8.42 Å². The molecule has 0 aliphatic carbocycles. The average Bonchev–Trinajstić information content (AvgIpc) is 2.34. The van der Waals surface area contributed by atoms with Crippen molar-refractivity contribution in [1.29, 1.82) is 0 Å². The van der Waals surface area contributed by atoms with Crippen molar-refractivity contribution in [1.82, 2.24) is 5.32 Å². The van der Waals surface area contributed by atoms with Gasteiger partial charge in [0.25, 0.3) is 0 Å². The van der Waals surface area contributed by atoms with Crippen molar-refractivity contribution in [3.8, 4) is 0 Å². The summed E-state index contributed by atoms with van der Waals surface area (Å²) in [4.78, 5) is 0. The second-order valence-corrected chi connectivity index (χ2v) is 7.24. The lowest BCUT2D eigenvalue weighted by Crippen LogP contribution is -2.20. The van der Waals surface area contributed by atoms with E-state index in [2.05, 4.69) is 5.32 Å². The van der Waals surface area contributed by atoms with E-state index in [4.69, 9.17) is 11.6 Å². The molecule has 1 aromatic carbocycles. The molecule has 0 saturated carbocycles. The van der Waals surface area contributed by atoms with Gasteiger partial charge in [-0.2, -0.15) is 0 Å². The second kappa shape index (κ2) is 7.12. The number of hydrogen-bond acceptors (Lipinski definition) is 3. The van der Waals surface area contributed by atoms with Crippen molar-refractivity contribution in [2.45, 2.75) is 19.3 Å². The van der Waals surface area contributed by atoms with Gasteiger partial charge in [0.2, 0.25) is 0 Å². The van der Waals surface area contributed by atoms with Crippen LogP contribution in [0.1, 0.15) is 24.8 Å². The molecule has 5 heteroatoms. The number of halogens is 1. The Morgan fingerprint density at radius 1 is 1.39 bits per heavy atom. The molecule has 0 aliphatic heterocycles. The summed E-state index contributed by atoms with van der Waals surface area (Å²) in [7, 11) is -1.04. The quantitative estimate of drug-likeness (QED) is 0.839. The molecule has 102 valence electrons. The molecule has 0 heterocycles. The number of sulfone groups is 1. The monoisotopic (exact) mass is 289 g/mol. The number of nitrogens with one attached hydrogen (secondary N) is 1. The second-order valence-electron chi connectivity index (χ2n) is 4.33. The van der Waals surface area contributed by atoms with Crippen LogP contribution in [0.25, 0.3) is 0 Å². The van der Waals surface area contributed by atoms with Crippen LogP contribution in [0.3, 0.4) is 0 Å². The van der Waals surface area contributed by atoms with Crippen LogP contribution in [-0.4, -0.2) is 33.5 Å². The van der Waals surface area contributed by atoms with Gasteiger partial charge in [-0.3, -0.25) is 0 Å². The lowest BCUT2D eigenvalue weighted by atomic mass is 9.96. The molecular weight excluding hydrogens is 270 g/mol. The molecule has 0 fully saturated rings. The third-order valence-corrected chi connectivity index (χ3v) is 4.96. The molecule has 1 aromatic rings. The molecule has 0 spiro atoms. The molecule has 0 amide bonds. The molecule has 0 aromatic heterocycles. The fourth-order valence-corrected chi connectivity index (χ4v) is 2.99. The van der Waals surface area contributed by atoms with Crippen LogP contribution in [-0.2, 0) is 9.84 Å². The molecule has 1 unspecified atom stereocenters. The third-order valence-electron chi connectivity index (χ3n) is 2.99. The maximum absolute atomic E-state index is 11.6. The first-order valence-corrected chi connectivity index (χ1v) is 8.29. The normalized spacial score (nSPS) is 13.5. The third kappa shape index (κ3) is 4.96. The van der Waals surface area contributed by atoms with E-state index in [1.807, 2.05) is 31.3 Å². The van der Waals surface area contributed by atoms with E-state index >= 15 is 0 Å². The van der Waals surface area contributed by atoms with Gasteiger partial charge in [-0.05, 0) is 37.1 Å². The van der Waals surface area contributed by atoms with E-state index in [0.717, 1.165) is 12.1 Å². The Labute approximate surface area is 114 Å². The van der Waals surface area contributed by atoms with E-state index in [9.17, 15) is 8.42 Å². The average molecular weight is 290 g/mol. The number of rotatable bonds is 7. The van der Waals surface area contributed by atoms with Crippen LogP contribution in [0.4, 0.5) is 0 Å². The van der Waals surface area contributed by atoms with Crippen LogP contribution in [0.2, 0.25) is 5.02 Å². The summed E-state index contributed by atoms with van der Waals surface area (Å²) >= 11 is 5.97. The molecule has 0 radical (unpaired) electrons. The first-order valence-electron chi connectivity index (χ1n) is 6.09. The molecule has 1 N–H and O–H groups in total. The van der Waals surface area contributed by atoms with Crippen molar-refractivity contribution < 1.29 is 8.42 Å². The van der Waals surface area contributed by atoms with Gasteiger partial charge < -0.3 is 5.32 Å². The minimum absolute atomic E-state index is 0.176. The molecule has 0 aliphatic rings. The van der Waals surface area contributed by atoms with E-state index in [1.165, 1.54) is 0 Å². The Bertz CT molecular complexity index is 474. The zero-order chi connectivity index (χ0) is 13.6. The largest absolute Gasteiger partial charge is 0.319 e. The van der Waals surface area contributed by atoms with Crippen LogP contribution >= 0.6 is 11.6 Å². The fraction of sp³-hybridized carbons (Fsp3) is 0.538. The molecule has 3 nitrogen and oxygen atoms in total. The van der Waals surface area contributed by atoms with Gasteiger partial charge in [-0.15, -0.1) is 0 Å². The van der Waals surface area contributed by atoms with Crippen molar-refractivity contribution in [3.63, 3.8) is 0 Å². The Kier molecular flexibility index (Phi) is 6.12. The Hall–Kier alpha value is -0.580. The molecule has 1 atom stereocenters. The highest BCUT2D eigenvalue weighted by atomic mass is 35.5. The molecule has 0 bridgehead atoms. The molecular formula is C13H20ClNO2S. The first kappa shape index (κ1) is 15.5. The summed E-state index contributed by atoms with van der Waals surface area (Å²) in [5.41, 5.74) is 1.09. The topological polar surface area (TPSA) is 46.2 Å². The SMILES string of the molecule is CCS(=O)(=O)CCC(CNC)c1cccc(Cl)c1. The smallest absolute Gasteiger partial charge is 0.150 e. The predicted molar refractivity (Wildman–Crippen MR) is 77.1 cm³/mol. The van der Waals surface area contributed by atoms with Gasteiger partial charge in [-0.1, -0.05) is 30.7 Å². The minimum Gasteiger partial charge on any atom is -0.319 e. The van der Waals surface area contributed by atoms with Gasteiger partial charge in [0.1, 0.15) is 9.84 Å². The first-order chi connectivity index (χ1) is 8.48. The lowest BCUT2D eigenvalue weighted by molar-refractivity contribution is 0.575. The van der Waals surface area contributed by atoms with Crippen LogP contribution in [0.15, 0.2) is 24.3 Å². The van der Waals surface area contributed by atoms with Gasteiger partial charge in [0.05, 0.1) is 5.75 Å². The standard InChI is InChI=1S/C13H20ClNO2S/c1-3-18(16,17)8-7-12(10-15-2)11-5-4-6-13(14)9-11/h4-6,9,12,15H,3,7-8,10H2,1-2H3. The molecule has 18 heavy (non-hydrogen) atoms. The van der Waals surface area contributed by atoms with Crippen LogP contribution in [0.5, 0.6) is 0 Å². The van der Waals surface area contributed by atoms with E-state index in [1.54, 1.807) is 6.92 Å². The maximum atomic E-state index is 11.6.